The lowest BCUT2D eigenvalue weighted by Gasteiger charge is -2.22. The maximum Gasteiger partial charge on any atom is 0.158 e. The van der Waals surface area contributed by atoms with E-state index in [0.29, 0.717) is 23.7 Å². The summed E-state index contributed by atoms with van der Waals surface area (Å²) in [4.78, 5) is 0. The zero-order chi connectivity index (χ0) is 88.5. The van der Waals surface area contributed by atoms with Crippen molar-refractivity contribution >= 4 is 187 Å². The SMILES string of the molecule is CC(C)Cc1cc2ccccc2c2c1oc1c(Nc3ccccc3)cccc12.CC1(C)c2ccccc2-c2ccc(Nc3cccc4c3oc3c(C5CCCCC5)cc5ccccc5c34)cc21.Cc1cccc(Nc2cccc3c2oc2c(C4CCCCC4)cc4ccccc4c23)c1.c1ccc2c(Nc3cccc4c3oc3c(C5CCCCC5)cc5ccccc5c34)cccc2c1. The van der Waals surface area contributed by atoms with Gasteiger partial charge in [0.1, 0.15) is 22.3 Å². The fraction of sp³-hybridized carbons (Fsp3) is 0.210. The predicted molar refractivity (Wildman–Crippen MR) is 560 cm³/mol. The first-order valence-corrected chi connectivity index (χ1v) is 48.3. The molecule has 22 aromatic rings. The molecule has 8 nitrogen and oxygen atoms in total. The summed E-state index contributed by atoms with van der Waals surface area (Å²) in [6.07, 6.45) is 20.5. The molecular weight excluding hydrogens is 1610 g/mol. The second kappa shape index (κ2) is 34.8. The number of benzene rings is 18. The summed E-state index contributed by atoms with van der Waals surface area (Å²) < 4.78 is 26.9. The fourth-order valence-electron chi connectivity index (χ4n) is 22.8. The highest BCUT2D eigenvalue weighted by molar-refractivity contribution is 6.26. The molecule has 8 heteroatoms. The lowest BCUT2D eigenvalue weighted by atomic mass is 9.82. The van der Waals surface area contributed by atoms with Gasteiger partial charge in [-0.3, -0.25) is 0 Å². The van der Waals surface area contributed by atoms with E-state index in [9.17, 15) is 0 Å². The summed E-state index contributed by atoms with van der Waals surface area (Å²) in [6.45, 7) is 11.3. The van der Waals surface area contributed by atoms with Gasteiger partial charge in [-0.05, 0) is 265 Å². The highest BCUT2D eigenvalue weighted by Gasteiger charge is 2.36. The van der Waals surface area contributed by atoms with E-state index in [4.69, 9.17) is 17.7 Å². The summed E-state index contributed by atoms with van der Waals surface area (Å²) in [5.74, 6) is 2.31. The van der Waals surface area contributed by atoms with Crippen LogP contribution in [0.4, 0.5) is 45.5 Å². The van der Waals surface area contributed by atoms with Gasteiger partial charge in [0.05, 0.1) is 22.7 Å². The molecule has 0 unspecified atom stereocenters. The minimum absolute atomic E-state index is 0.0250. The van der Waals surface area contributed by atoms with Gasteiger partial charge in [0, 0.05) is 76.6 Å². The molecule has 0 aliphatic heterocycles. The molecule has 0 spiro atoms. The monoisotopic (exact) mass is 1720 g/mol. The molecule has 3 fully saturated rings. The second-order valence-corrected chi connectivity index (χ2v) is 38.6. The maximum absolute atomic E-state index is 6.87. The van der Waals surface area contributed by atoms with Crippen LogP contribution in [-0.4, -0.2) is 0 Å². The van der Waals surface area contributed by atoms with Crippen LogP contribution in [0.3, 0.4) is 0 Å². The number of furan rings is 4. The standard InChI is InChI=1S/C37H33NO.C32H27NO.C29H27NO.C26H23NO/c1-37(2)31-17-9-8-15-27(31)28-20-19-25(22-32(28)37)38-33-18-10-16-29-34-26-14-7-6-13-24(26)21-30(36(34)39-35(29)33)23-11-4-3-5-12-23;1-2-10-22(11-3-1)27-20-23-13-5-7-16-25(23)30-26-17-9-19-29(31(26)34-32(27)30)33-28-18-8-14-21-12-4-6-15-24(21)28;1-19-9-7-13-22(17-19)30-26-16-8-15-24-27-23-14-6-5-12-21(23)18-25(29(27)31-28(24)26)20-10-3-2-4-11-20;1-17(2)15-19-16-18-9-6-7-12-21(18)24-22-13-8-14-23(26(22)28-25(19)24)27-20-10-4-3-5-11-20/h6-10,13-23,38H,3-5,11-12H2,1-2H3;4-9,12-20,22,33H,1-3,10-11H2;5-9,12-18,20,30H,2-4,10-11H2,1H3;3-14,16-17,27H,15H2,1-2H3. The van der Waals surface area contributed by atoms with Crippen LogP contribution < -0.4 is 21.3 Å². The zero-order valence-electron chi connectivity index (χ0n) is 76.0. The Morgan fingerprint density at radius 2 is 0.606 bits per heavy atom. The molecule has 4 N–H and O–H groups in total. The number of hydrogen-bond acceptors (Lipinski definition) is 8. The van der Waals surface area contributed by atoms with E-state index in [1.54, 1.807) is 0 Å². The third kappa shape index (κ3) is 15.2. The Morgan fingerprint density at radius 1 is 0.265 bits per heavy atom. The number of rotatable bonds is 13. The Balaban J connectivity index is 0.000000101. The number of anilines is 8. The number of para-hydroxylation sites is 5. The number of hydrogen-bond donors (Lipinski definition) is 4. The summed E-state index contributed by atoms with van der Waals surface area (Å²) in [5.41, 5.74) is 28.6. The Labute approximate surface area is 771 Å². The van der Waals surface area contributed by atoms with Crippen LogP contribution in [0.1, 0.15) is 181 Å². The summed E-state index contributed by atoms with van der Waals surface area (Å²) >= 11 is 0. The lowest BCUT2D eigenvalue weighted by Crippen LogP contribution is -2.15. The second-order valence-electron chi connectivity index (χ2n) is 38.6. The van der Waals surface area contributed by atoms with Gasteiger partial charge in [-0.1, -0.05) is 328 Å². The lowest BCUT2D eigenvalue weighted by molar-refractivity contribution is 0.442. The van der Waals surface area contributed by atoms with Crippen molar-refractivity contribution in [3.63, 3.8) is 0 Å². The molecule has 4 aliphatic rings. The van der Waals surface area contributed by atoms with Gasteiger partial charge in [0.15, 0.2) is 22.3 Å². The van der Waals surface area contributed by atoms with Crippen molar-refractivity contribution in [3.05, 3.63) is 373 Å². The van der Waals surface area contributed by atoms with Gasteiger partial charge in [-0.2, -0.15) is 0 Å². The molecule has 18 aromatic carbocycles. The smallest absolute Gasteiger partial charge is 0.158 e. The number of aryl methyl sites for hydroxylation is 1. The molecule has 0 radical (unpaired) electrons. The Hall–Kier alpha value is -14.3. The Morgan fingerprint density at radius 3 is 1.08 bits per heavy atom. The highest BCUT2D eigenvalue weighted by Crippen LogP contribution is 2.53. The summed E-state index contributed by atoms with van der Waals surface area (Å²) in [5, 5.41) is 37.1. The molecule has 0 saturated heterocycles. The summed E-state index contributed by atoms with van der Waals surface area (Å²) in [7, 11) is 0. The van der Waals surface area contributed by atoms with Gasteiger partial charge < -0.3 is 38.9 Å². The van der Waals surface area contributed by atoms with Gasteiger partial charge in [0.2, 0.25) is 0 Å². The number of fused-ring (bicyclic) bond motifs is 24. The predicted octanol–water partition coefficient (Wildman–Crippen LogP) is 37.0. The fourth-order valence-corrected chi connectivity index (χ4v) is 22.8. The van der Waals surface area contributed by atoms with Crippen molar-refractivity contribution in [3.8, 4) is 11.1 Å². The minimum Gasteiger partial charge on any atom is -0.454 e. The van der Waals surface area contributed by atoms with Crippen LogP contribution in [0.15, 0.2) is 351 Å². The van der Waals surface area contributed by atoms with Crippen LogP contribution >= 0.6 is 0 Å². The van der Waals surface area contributed by atoms with E-state index < -0.39 is 0 Å². The molecule has 26 rings (SSSR count). The Bertz CT molecular complexity index is 8160. The van der Waals surface area contributed by atoms with Gasteiger partial charge in [-0.25, -0.2) is 0 Å². The van der Waals surface area contributed by atoms with Crippen LogP contribution in [0.25, 0.3) is 153 Å². The first-order chi connectivity index (χ1) is 64.9. The van der Waals surface area contributed by atoms with Gasteiger partial charge in [-0.15, -0.1) is 0 Å². The molecule has 4 aromatic heterocycles. The molecule has 0 atom stereocenters. The topological polar surface area (TPSA) is 101 Å². The quantitative estimate of drug-likeness (QED) is 0.0906. The highest BCUT2D eigenvalue weighted by atomic mass is 16.3. The average Bonchev–Trinajstić information content (AvgIpc) is 1.61. The maximum atomic E-state index is 6.87. The number of nitrogens with one attached hydrogen (secondary N) is 4. The van der Waals surface area contributed by atoms with Crippen molar-refractivity contribution in [2.75, 3.05) is 21.3 Å². The average molecular weight is 1720 g/mol. The first-order valence-electron chi connectivity index (χ1n) is 48.3. The summed E-state index contributed by atoms with van der Waals surface area (Å²) in [6, 6.07) is 120. The van der Waals surface area contributed by atoms with E-state index in [0.717, 1.165) is 102 Å². The van der Waals surface area contributed by atoms with Crippen molar-refractivity contribution < 1.29 is 17.7 Å². The van der Waals surface area contributed by atoms with Gasteiger partial charge in [0.25, 0.3) is 0 Å². The van der Waals surface area contributed by atoms with Crippen molar-refractivity contribution in [2.24, 2.45) is 5.92 Å². The van der Waals surface area contributed by atoms with Crippen molar-refractivity contribution in [2.45, 2.75) is 161 Å². The molecule has 4 heterocycles. The third-order valence-corrected chi connectivity index (χ3v) is 29.2. The molecule has 3 saturated carbocycles. The van der Waals surface area contributed by atoms with E-state index in [2.05, 4.69) is 371 Å². The zero-order valence-corrected chi connectivity index (χ0v) is 76.0. The van der Waals surface area contributed by atoms with E-state index in [1.165, 1.54) is 238 Å². The van der Waals surface area contributed by atoms with Crippen molar-refractivity contribution in [1.29, 1.82) is 0 Å². The minimum atomic E-state index is -0.0250. The molecule has 650 valence electrons. The molecular formula is C124H110N4O4. The normalized spacial score (nSPS) is 14.8. The van der Waals surface area contributed by atoms with Gasteiger partial charge >= 0.3 is 0 Å². The van der Waals surface area contributed by atoms with Crippen LogP contribution in [0, 0.1) is 12.8 Å². The molecule has 4 aliphatic carbocycles. The molecule has 132 heavy (non-hydrogen) atoms. The van der Waals surface area contributed by atoms with Crippen molar-refractivity contribution in [1.82, 2.24) is 0 Å². The molecule has 0 amide bonds. The first kappa shape index (κ1) is 82.1. The van der Waals surface area contributed by atoms with Crippen LogP contribution in [0.2, 0.25) is 0 Å². The van der Waals surface area contributed by atoms with E-state index >= 15 is 0 Å². The molecule has 0 bridgehead atoms. The van der Waals surface area contributed by atoms with E-state index in [1.807, 2.05) is 18.2 Å². The largest absolute Gasteiger partial charge is 0.454 e. The van der Waals surface area contributed by atoms with Crippen LogP contribution in [-0.2, 0) is 11.8 Å². The van der Waals surface area contributed by atoms with Crippen LogP contribution in [0.5, 0.6) is 0 Å². The Kier molecular flexibility index (Phi) is 21.7. The third-order valence-electron chi connectivity index (χ3n) is 29.2. The van der Waals surface area contributed by atoms with E-state index in [-0.39, 0.29) is 5.41 Å².